The maximum atomic E-state index is 11.6. The van der Waals surface area contributed by atoms with Crippen molar-refractivity contribution in [1.29, 1.82) is 0 Å². The number of amides is 1. The number of carbonyl (C=O) groups excluding carboxylic acids is 1. The Morgan fingerprint density at radius 2 is 1.08 bits per heavy atom. The second kappa shape index (κ2) is 24.5. The lowest BCUT2D eigenvalue weighted by Crippen LogP contribution is -2.39. The van der Waals surface area contributed by atoms with E-state index < -0.39 is 17.8 Å². The third-order valence-electron chi connectivity index (χ3n) is 6.50. The van der Waals surface area contributed by atoms with Crippen molar-refractivity contribution in [3.05, 3.63) is 0 Å². The van der Waals surface area contributed by atoms with Crippen LogP contribution in [0.5, 0.6) is 0 Å². The Kier molecular flexibility index (Phi) is 25.4. The van der Waals surface area contributed by atoms with E-state index in [4.69, 9.17) is 4.74 Å². The Bertz CT molecular complexity index is 458. The van der Waals surface area contributed by atoms with E-state index in [-0.39, 0.29) is 6.09 Å². The van der Waals surface area contributed by atoms with Gasteiger partial charge in [0.15, 0.2) is 0 Å². The lowest BCUT2D eigenvalue weighted by Gasteiger charge is -2.26. The summed E-state index contributed by atoms with van der Waals surface area (Å²) in [5.74, 6) is 0. The Morgan fingerprint density at radius 3 is 1.44 bits per heavy atom. The summed E-state index contributed by atoms with van der Waals surface area (Å²) < 4.78 is 5.27. The van der Waals surface area contributed by atoms with Crippen LogP contribution in [0, 0.1) is 0 Å². The molecule has 0 aliphatic carbocycles. The van der Waals surface area contributed by atoms with Crippen LogP contribution in [0.25, 0.3) is 0 Å². The predicted octanol–water partition coefficient (Wildman–Crippen LogP) is 7.40. The zero-order chi connectivity index (χ0) is 27.8. The molecule has 0 aromatic heterocycles. The van der Waals surface area contributed by atoms with E-state index in [2.05, 4.69) is 32.6 Å². The van der Waals surface area contributed by atoms with Crippen LogP contribution in [-0.2, 0) is 4.74 Å². The summed E-state index contributed by atoms with van der Waals surface area (Å²) in [6, 6.07) is 0. The molecule has 0 spiro atoms. The molecular formula is C30H64N2O4. The van der Waals surface area contributed by atoms with Crippen LogP contribution >= 0.6 is 0 Å². The van der Waals surface area contributed by atoms with Crippen molar-refractivity contribution in [2.45, 2.75) is 156 Å². The second-order valence-electron chi connectivity index (χ2n) is 11.2. The van der Waals surface area contributed by atoms with E-state index in [0.29, 0.717) is 6.54 Å². The quantitative estimate of drug-likeness (QED) is 0.165. The lowest BCUT2D eigenvalue weighted by molar-refractivity contribution is 0.00712. The Morgan fingerprint density at radius 1 is 0.694 bits per heavy atom. The molecule has 0 aliphatic rings. The van der Waals surface area contributed by atoms with Crippen molar-refractivity contribution in [2.75, 3.05) is 33.2 Å². The van der Waals surface area contributed by atoms with Crippen LogP contribution < -0.4 is 0 Å². The molecule has 0 aliphatic heterocycles. The topological polar surface area (TPSA) is 73.2 Å². The normalized spacial score (nSPS) is 13.2. The van der Waals surface area contributed by atoms with Crippen molar-refractivity contribution in [3.63, 3.8) is 0 Å². The third-order valence-corrected chi connectivity index (χ3v) is 6.50. The Labute approximate surface area is 225 Å². The first-order chi connectivity index (χ1) is 17.0. The second-order valence-corrected chi connectivity index (χ2v) is 11.2. The maximum Gasteiger partial charge on any atom is 0.410 e. The highest BCUT2D eigenvalue weighted by atomic mass is 16.6. The standard InChI is InChI=1S/C18H38O2.C12H26N2O2/c1-3-5-7-9-11-13-15-17(19)18(20)16-14-12-10-8-6-4-2;1-7-14(8-2)10-9-13(6)11(15)16-12(3,4)5/h17-20H,3-16H2,1-2H3;7-10H2,1-6H3/t17-,18?;/m1./s1. The number of rotatable bonds is 20. The molecule has 0 bridgehead atoms. The predicted molar refractivity (Wildman–Crippen MR) is 155 cm³/mol. The Hall–Kier alpha value is -0.850. The van der Waals surface area contributed by atoms with Gasteiger partial charge in [0, 0.05) is 20.1 Å². The summed E-state index contributed by atoms with van der Waals surface area (Å²) in [5.41, 5.74) is -0.416. The monoisotopic (exact) mass is 516 g/mol. The molecule has 0 aromatic rings. The molecule has 6 heteroatoms. The summed E-state index contributed by atoms with van der Waals surface area (Å²) in [4.78, 5) is 15.5. The smallest absolute Gasteiger partial charge is 0.410 e. The number of hydrogen-bond acceptors (Lipinski definition) is 5. The zero-order valence-corrected chi connectivity index (χ0v) is 25.5. The molecule has 0 saturated heterocycles. The fourth-order valence-electron chi connectivity index (χ4n) is 3.91. The first-order valence-corrected chi connectivity index (χ1v) is 15.0. The average molecular weight is 517 g/mol. The van der Waals surface area contributed by atoms with E-state index in [1.54, 1.807) is 11.9 Å². The van der Waals surface area contributed by atoms with Gasteiger partial charge in [-0.3, -0.25) is 0 Å². The minimum atomic E-state index is -0.503. The van der Waals surface area contributed by atoms with Gasteiger partial charge in [-0.1, -0.05) is 105 Å². The molecule has 36 heavy (non-hydrogen) atoms. The van der Waals surface area contributed by atoms with Gasteiger partial charge in [0.25, 0.3) is 0 Å². The summed E-state index contributed by atoms with van der Waals surface area (Å²) in [6.07, 6.45) is 15.1. The molecule has 0 saturated carbocycles. The van der Waals surface area contributed by atoms with Gasteiger partial charge in [0.1, 0.15) is 5.60 Å². The summed E-state index contributed by atoms with van der Waals surface area (Å²) >= 11 is 0. The number of carbonyl (C=O) groups is 1. The minimum absolute atomic E-state index is 0.250. The van der Waals surface area contributed by atoms with E-state index >= 15 is 0 Å². The van der Waals surface area contributed by atoms with Gasteiger partial charge in [-0.15, -0.1) is 0 Å². The van der Waals surface area contributed by atoms with Crippen LogP contribution in [0.3, 0.4) is 0 Å². The third kappa shape index (κ3) is 24.8. The first-order valence-electron chi connectivity index (χ1n) is 15.0. The highest BCUT2D eigenvalue weighted by Crippen LogP contribution is 2.15. The molecule has 6 nitrogen and oxygen atoms in total. The van der Waals surface area contributed by atoms with E-state index in [1.165, 1.54) is 64.2 Å². The van der Waals surface area contributed by atoms with Crippen LogP contribution in [0.15, 0.2) is 0 Å². The van der Waals surface area contributed by atoms with Gasteiger partial charge in [-0.05, 0) is 46.7 Å². The largest absolute Gasteiger partial charge is 0.444 e. The van der Waals surface area contributed by atoms with Gasteiger partial charge in [0.05, 0.1) is 12.2 Å². The molecule has 0 heterocycles. The Balaban J connectivity index is 0. The van der Waals surface area contributed by atoms with Crippen molar-refractivity contribution >= 4 is 6.09 Å². The fraction of sp³-hybridized carbons (Fsp3) is 0.967. The highest BCUT2D eigenvalue weighted by molar-refractivity contribution is 5.67. The maximum absolute atomic E-state index is 11.6. The molecule has 0 aromatic carbocycles. The number of aliphatic hydroxyl groups excluding tert-OH is 2. The van der Waals surface area contributed by atoms with Gasteiger partial charge >= 0.3 is 6.09 Å². The van der Waals surface area contributed by atoms with Crippen LogP contribution in [0.1, 0.15) is 138 Å². The number of unbranched alkanes of at least 4 members (excludes halogenated alkanes) is 10. The van der Waals surface area contributed by atoms with Crippen LogP contribution in [-0.4, -0.2) is 77.1 Å². The van der Waals surface area contributed by atoms with E-state index in [0.717, 1.165) is 45.3 Å². The molecule has 0 rings (SSSR count). The molecule has 0 radical (unpaired) electrons. The van der Waals surface area contributed by atoms with Crippen molar-refractivity contribution < 1.29 is 19.7 Å². The van der Waals surface area contributed by atoms with Crippen LogP contribution in [0.2, 0.25) is 0 Å². The molecular weight excluding hydrogens is 452 g/mol. The molecule has 2 atom stereocenters. The van der Waals surface area contributed by atoms with E-state index in [9.17, 15) is 15.0 Å². The first kappa shape index (κ1) is 37.3. The van der Waals surface area contributed by atoms with Crippen molar-refractivity contribution in [2.24, 2.45) is 0 Å². The van der Waals surface area contributed by atoms with Crippen LogP contribution in [0.4, 0.5) is 4.79 Å². The molecule has 218 valence electrons. The van der Waals surface area contributed by atoms with Crippen molar-refractivity contribution in [3.8, 4) is 0 Å². The number of nitrogens with zero attached hydrogens (tertiary/aromatic N) is 2. The van der Waals surface area contributed by atoms with Crippen molar-refractivity contribution in [1.82, 2.24) is 9.80 Å². The average Bonchev–Trinajstić information content (AvgIpc) is 2.83. The molecule has 0 fully saturated rings. The molecule has 1 amide bonds. The minimum Gasteiger partial charge on any atom is -0.444 e. The number of aliphatic hydroxyl groups is 2. The lowest BCUT2D eigenvalue weighted by atomic mass is 10.00. The molecule has 2 N–H and O–H groups in total. The van der Waals surface area contributed by atoms with Gasteiger partial charge in [-0.25, -0.2) is 4.79 Å². The van der Waals surface area contributed by atoms with Gasteiger partial charge in [0.2, 0.25) is 0 Å². The SMILES string of the molecule is CCCCCCCCC(O)[C@H](O)CCCCCCCC.CCN(CC)CCN(C)C(=O)OC(C)(C)C. The molecule has 1 unspecified atom stereocenters. The summed E-state index contributed by atoms with van der Waals surface area (Å²) in [6.45, 7) is 17.9. The summed E-state index contributed by atoms with van der Waals surface area (Å²) in [7, 11) is 1.78. The van der Waals surface area contributed by atoms with Gasteiger partial charge < -0.3 is 24.7 Å². The fourth-order valence-corrected chi connectivity index (χ4v) is 3.91. The highest BCUT2D eigenvalue weighted by Gasteiger charge is 2.19. The number of hydrogen-bond donors (Lipinski definition) is 2. The van der Waals surface area contributed by atoms with Gasteiger partial charge in [-0.2, -0.15) is 0 Å². The zero-order valence-electron chi connectivity index (χ0n) is 25.5. The van der Waals surface area contributed by atoms with E-state index in [1.807, 2.05) is 20.8 Å². The number of likely N-dealkylation sites (N-methyl/N-ethyl adjacent to an activating group) is 2. The number of ether oxygens (including phenoxy) is 1. The summed E-state index contributed by atoms with van der Waals surface area (Å²) in [5, 5.41) is 19.8.